The van der Waals surface area contributed by atoms with E-state index in [9.17, 15) is 9.59 Å². The number of nitrogens with one attached hydrogen (secondary N) is 1. The highest BCUT2D eigenvalue weighted by atomic mass is 16.6. The fourth-order valence-electron chi connectivity index (χ4n) is 2.44. The number of esters is 1. The number of aryl methyl sites for hydroxylation is 1. The molecule has 0 fully saturated rings. The minimum atomic E-state index is -0.588. The van der Waals surface area contributed by atoms with Gasteiger partial charge in [-0.15, -0.1) is 0 Å². The third-order valence-corrected chi connectivity index (χ3v) is 3.86. The zero-order valence-electron chi connectivity index (χ0n) is 15.9. The number of hydrogen-bond acceptors (Lipinski definition) is 4. The molecule has 0 saturated heterocycles. The zero-order valence-corrected chi connectivity index (χ0v) is 15.9. The smallest absolute Gasteiger partial charge is 0.411 e. The summed E-state index contributed by atoms with van der Waals surface area (Å²) in [5.74, 6) is -0.163. The van der Waals surface area contributed by atoms with Gasteiger partial charge in [0.15, 0.2) is 5.75 Å². The van der Waals surface area contributed by atoms with Crippen molar-refractivity contribution < 1.29 is 19.1 Å². The van der Waals surface area contributed by atoms with Gasteiger partial charge in [-0.05, 0) is 48.6 Å². The first-order valence-corrected chi connectivity index (χ1v) is 8.58. The van der Waals surface area contributed by atoms with E-state index in [-0.39, 0.29) is 12.0 Å². The Kier molecular flexibility index (Phi) is 6.03. The second-order valence-corrected chi connectivity index (χ2v) is 7.02. The molecule has 2 aromatic carbocycles. The molecule has 0 aliphatic carbocycles. The summed E-state index contributed by atoms with van der Waals surface area (Å²) in [4.78, 5) is 24.4. The minimum Gasteiger partial charge on any atom is -0.450 e. The summed E-state index contributed by atoms with van der Waals surface area (Å²) < 4.78 is 10.6. The van der Waals surface area contributed by atoms with Crippen molar-refractivity contribution in [3.8, 4) is 5.75 Å². The molecule has 2 rings (SSSR count). The molecule has 26 heavy (non-hydrogen) atoms. The lowest BCUT2D eigenvalue weighted by molar-refractivity contribution is 0.0734. The molecule has 5 heteroatoms. The Balaban J connectivity index is 2.42. The fourth-order valence-corrected chi connectivity index (χ4v) is 2.44. The molecule has 2 aromatic rings. The van der Waals surface area contributed by atoms with Crippen molar-refractivity contribution in [3.63, 3.8) is 0 Å². The topological polar surface area (TPSA) is 64.6 Å². The highest BCUT2D eigenvalue weighted by molar-refractivity contribution is 5.94. The summed E-state index contributed by atoms with van der Waals surface area (Å²) in [5.41, 5.74) is 2.50. The average Bonchev–Trinajstić information content (AvgIpc) is 2.57. The molecule has 0 unspecified atom stereocenters. The Morgan fingerprint density at radius 1 is 1.08 bits per heavy atom. The van der Waals surface area contributed by atoms with E-state index >= 15 is 0 Å². The zero-order chi connectivity index (χ0) is 19.3. The van der Waals surface area contributed by atoms with Gasteiger partial charge in [0.1, 0.15) is 0 Å². The summed E-state index contributed by atoms with van der Waals surface area (Å²) in [6.07, 6.45) is -0.588. The minimum absolute atomic E-state index is 0.127. The highest BCUT2D eigenvalue weighted by Crippen LogP contribution is 2.35. The maximum absolute atomic E-state index is 12.4. The molecular formula is C21H25NO4. The first-order chi connectivity index (χ1) is 12.2. The molecule has 0 spiro atoms. The van der Waals surface area contributed by atoms with Gasteiger partial charge in [0.05, 0.1) is 17.9 Å². The van der Waals surface area contributed by atoms with Crippen LogP contribution in [0.4, 0.5) is 10.5 Å². The van der Waals surface area contributed by atoms with E-state index in [2.05, 4.69) is 26.1 Å². The quantitative estimate of drug-likeness (QED) is 0.613. The number of carbonyl (C=O) groups excluding carboxylic acids is 2. The molecule has 0 aliphatic rings. The van der Waals surface area contributed by atoms with Gasteiger partial charge in [-0.2, -0.15) is 0 Å². The van der Waals surface area contributed by atoms with E-state index in [1.54, 1.807) is 31.2 Å². The lowest BCUT2D eigenvalue weighted by atomic mass is 9.85. The summed E-state index contributed by atoms with van der Waals surface area (Å²) in [6, 6.07) is 12.5. The molecule has 1 N–H and O–H groups in total. The number of rotatable bonds is 4. The predicted molar refractivity (Wildman–Crippen MR) is 102 cm³/mol. The largest absolute Gasteiger partial charge is 0.450 e. The maximum Gasteiger partial charge on any atom is 0.411 e. The van der Waals surface area contributed by atoms with Crippen LogP contribution in [0.25, 0.3) is 0 Å². The van der Waals surface area contributed by atoms with Crippen molar-refractivity contribution in [1.29, 1.82) is 0 Å². The van der Waals surface area contributed by atoms with Crippen LogP contribution in [0.3, 0.4) is 0 Å². The molecule has 0 atom stereocenters. The fraction of sp³-hybridized carbons (Fsp3) is 0.333. The van der Waals surface area contributed by atoms with Crippen molar-refractivity contribution in [3.05, 3.63) is 59.2 Å². The van der Waals surface area contributed by atoms with Gasteiger partial charge in [0.2, 0.25) is 0 Å². The van der Waals surface area contributed by atoms with E-state index in [1.807, 2.05) is 25.1 Å². The molecular weight excluding hydrogens is 330 g/mol. The van der Waals surface area contributed by atoms with Crippen LogP contribution in [0.5, 0.6) is 5.75 Å². The van der Waals surface area contributed by atoms with Gasteiger partial charge in [0, 0.05) is 0 Å². The van der Waals surface area contributed by atoms with E-state index in [0.717, 1.165) is 11.1 Å². The number of benzene rings is 2. The van der Waals surface area contributed by atoms with E-state index in [1.165, 1.54) is 0 Å². The molecule has 0 heterocycles. The van der Waals surface area contributed by atoms with Crippen LogP contribution < -0.4 is 10.1 Å². The normalized spacial score (nSPS) is 11.0. The summed E-state index contributed by atoms with van der Waals surface area (Å²) in [7, 11) is 0. The Morgan fingerprint density at radius 2 is 1.73 bits per heavy atom. The van der Waals surface area contributed by atoms with Gasteiger partial charge in [-0.1, -0.05) is 45.0 Å². The Bertz CT molecular complexity index is 792. The SMILES string of the molecule is CCOC(=O)Nc1cc(C(C)(C)C)cc(C)c1OC(=O)c1ccccc1. The van der Waals surface area contributed by atoms with Crippen molar-refractivity contribution in [2.24, 2.45) is 0 Å². The lowest BCUT2D eigenvalue weighted by Gasteiger charge is -2.23. The molecule has 1 amide bonds. The molecule has 0 aromatic heterocycles. The Morgan fingerprint density at radius 3 is 2.31 bits per heavy atom. The van der Waals surface area contributed by atoms with Crippen molar-refractivity contribution >= 4 is 17.7 Å². The summed E-state index contributed by atoms with van der Waals surface area (Å²) in [6.45, 7) is 10.1. The molecule has 138 valence electrons. The van der Waals surface area contributed by atoms with E-state index < -0.39 is 12.1 Å². The molecule has 0 radical (unpaired) electrons. The Labute approximate surface area is 154 Å². The second kappa shape index (κ2) is 8.04. The van der Waals surface area contributed by atoms with E-state index in [0.29, 0.717) is 17.0 Å². The third-order valence-electron chi connectivity index (χ3n) is 3.86. The van der Waals surface area contributed by atoms with Crippen LogP contribution in [0.2, 0.25) is 0 Å². The average molecular weight is 355 g/mol. The van der Waals surface area contributed by atoms with Gasteiger partial charge in [0.25, 0.3) is 0 Å². The second-order valence-electron chi connectivity index (χ2n) is 7.02. The molecule has 0 aliphatic heterocycles. The Hall–Kier alpha value is -2.82. The standard InChI is InChI=1S/C21H25NO4/c1-6-25-20(24)22-17-13-16(21(3,4)5)12-14(2)18(17)26-19(23)15-10-8-7-9-11-15/h7-13H,6H2,1-5H3,(H,22,24). The number of amides is 1. The van der Waals surface area contributed by atoms with Crippen LogP contribution in [0.1, 0.15) is 49.2 Å². The number of anilines is 1. The van der Waals surface area contributed by atoms with Crippen LogP contribution >= 0.6 is 0 Å². The van der Waals surface area contributed by atoms with E-state index in [4.69, 9.17) is 9.47 Å². The highest BCUT2D eigenvalue weighted by Gasteiger charge is 2.21. The van der Waals surface area contributed by atoms with Crippen molar-refractivity contribution in [2.75, 3.05) is 11.9 Å². The first-order valence-electron chi connectivity index (χ1n) is 8.58. The number of hydrogen-bond donors (Lipinski definition) is 1. The summed E-state index contributed by atoms with van der Waals surface area (Å²) >= 11 is 0. The van der Waals surface area contributed by atoms with Crippen LogP contribution in [0.15, 0.2) is 42.5 Å². The van der Waals surface area contributed by atoms with Gasteiger partial charge >= 0.3 is 12.1 Å². The monoisotopic (exact) mass is 355 g/mol. The van der Waals surface area contributed by atoms with Crippen LogP contribution in [0, 0.1) is 6.92 Å². The molecule has 0 saturated carbocycles. The van der Waals surface area contributed by atoms with Crippen LogP contribution in [-0.2, 0) is 10.2 Å². The lowest BCUT2D eigenvalue weighted by Crippen LogP contribution is -2.18. The summed E-state index contributed by atoms with van der Waals surface area (Å²) in [5, 5.41) is 2.68. The van der Waals surface area contributed by atoms with Gasteiger partial charge in [-0.3, -0.25) is 5.32 Å². The number of carbonyl (C=O) groups is 2. The van der Waals surface area contributed by atoms with Crippen LogP contribution in [-0.4, -0.2) is 18.7 Å². The first kappa shape index (κ1) is 19.5. The van der Waals surface area contributed by atoms with Crippen molar-refractivity contribution in [1.82, 2.24) is 0 Å². The van der Waals surface area contributed by atoms with Gasteiger partial charge < -0.3 is 9.47 Å². The molecule has 5 nitrogen and oxygen atoms in total. The predicted octanol–water partition coefficient (Wildman–Crippen LogP) is 5.08. The maximum atomic E-state index is 12.4. The van der Waals surface area contributed by atoms with Gasteiger partial charge in [-0.25, -0.2) is 9.59 Å². The third kappa shape index (κ3) is 4.85. The van der Waals surface area contributed by atoms with Crippen molar-refractivity contribution in [2.45, 2.75) is 40.0 Å². The number of ether oxygens (including phenoxy) is 2. The molecule has 0 bridgehead atoms.